The van der Waals surface area contributed by atoms with Crippen LogP contribution in [0.4, 0.5) is 0 Å². The Morgan fingerprint density at radius 2 is 1.22 bits per heavy atom. The first-order chi connectivity index (χ1) is 22.3. The number of aryl methyl sites for hydroxylation is 2. The quantitative estimate of drug-likeness (QED) is 0.107. The lowest BCUT2D eigenvalue weighted by Crippen LogP contribution is -2.09. The van der Waals surface area contributed by atoms with Crippen molar-refractivity contribution in [1.29, 1.82) is 5.26 Å². The molecular weight excluding hydrogens is 564 g/mol. The Hall–Kier alpha value is -2.93. The van der Waals surface area contributed by atoms with Crippen LogP contribution in [0.5, 0.6) is 0 Å². The van der Waals surface area contributed by atoms with Crippen molar-refractivity contribution in [3.05, 3.63) is 58.1 Å². The van der Waals surface area contributed by atoms with E-state index in [1.807, 2.05) is 20.8 Å². The van der Waals surface area contributed by atoms with E-state index >= 15 is 0 Å². The molecule has 0 heterocycles. The van der Waals surface area contributed by atoms with E-state index in [2.05, 4.69) is 91.0 Å². The topological polar surface area (TPSA) is 70.0 Å². The molecule has 0 bridgehead atoms. The van der Waals surface area contributed by atoms with Crippen molar-refractivity contribution in [2.75, 3.05) is 6.54 Å². The van der Waals surface area contributed by atoms with Crippen molar-refractivity contribution in [3.63, 3.8) is 0 Å². The standard InChI is InChI=1S/C23H30O.C10H22.C4H10.C3H4N2O.C2H6/c1-6-8-21-16(3)10-12-22(23(21)9-7-2)19-11-13-20(17(4)14-19)18(5)15-24;1-3-5-7-9-10-8-6-4-2;1-3-4-2;4-1-2-5-3-6;1-2/h10-15,18H,6-9H2,1-5H3;3-10H2,1-2H3;3-4H2,1-2H3;3H,2H2,(H,5,6);1-2H3. The number of carbonyl (C=O) groups is 2. The summed E-state index contributed by atoms with van der Waals surface area (Å²) >= 11 is 0. The zero-order valence-electron chi connectivity index (χ0n) is 32.0. The first-order valence-corrected chi connectivity index (χ1v) is 18.5. The lowest BCUT2D eigenvalue weighted by molar-refractivity contribution is -0.109. The molecule has 2 rings (SSSR count). The number of rotatable bonds is 17. The number of aldehydes is 1. The third-order valence-corrected chi connectivity index (χ3v) is 7.66. The summed E-state index contributed by atoms with van der Waals surface area (Å²) < 4.78 is 0. The summed E-state index contributed by atoms with van der Waals surface area (Å²) in [4.78, 5) is 20.4. The SMILES string of the molecule is CC.CCCC.CCCCCCCCCC.CCCc1c(C)ccc(-c2ccc(C(C)C=O)c(C)c2)c1CCC.N#CCNC=O. The maximum absolute atomic E-state index is 11.1. The number of hydrogen-bond donors (Lipinski definition) is 1. The van der Waals surface area contributed by atoms with Crippen molar-refractivity contribution in [3.8, 4) is 17.2 Å². The van der Waals surface area contributed by atoms with Crippen LogP contribution in [0, 0.1) is 25.2 Å². The van der Waals surface area contributed by atoms with Crippen LogP contribution in [0.2, 0.25) is 0 Å². The number of nitrogens with one attached hydrogen (secondary N) is 1. The third-order valence-electron chi connectivity index (χ3n) is 7.66. The van der Waals surface area contributed by atoms with Gasteiger partial charge < -0.3 is 10.1 Å². The van der Waals surface area contributed by atoms with Crippen LogP contribution in [0.1, 0.15) is 173 Å². The van der Waals surface area contributed by atoms with Gasteiger partial charge in [-0.05, 0) is 65.6 Å². The molecule has 0 saturated carbocycles. The van der Waals surface area contributed by atoms with Crippen LogP contribution in [-0.4, -0.2) is 19.2 Å². The lowest BCUT2D eigenvalue weighted by atomic mass is 9.86. The number of nitrogens with zero attached hydrogens (tertiary/aromatic N) is 1. The first-order valence-electron chi connectivity index (χ1n) is 18.5. The molecule has 4 nitrogen and oxygen atoms in total. The van der Waals surface area contributed by atoms with Gasteiger partial charge in [-0.15, -0.1) is 0 Å². The van der Waals surface area contributed by atoms with Gasteiger partial charge in [0.05, 0.1) is 6.07 Å². The van der Waals surface area contributed by atoms with Gasteiger partial charge in [-0.1, -0.05) is 170 Å². The zero-order valence-corrected chi connectivity index (χ0v) is 32.0. The molecule has 0 aliphatic rings. The molecule has 0 aliphatic carbocycles. The van der Waals surface area contributed by atoms with Gasteiger partial charge in [0.1, 0.15) is 12.8 Å². The number of benzene rings is 2. The van der Waals surface area contributed by atoms with Gasteiger partial charge in [0.25, 0.3) is 0 Å². The molecule has 0 radical (unpaired) electrons. The molecule has 0 saturated heterocycles. The van der Waals surface area contributed by atoms with Crippen molar-refractivity contribution in [2.24, 2.45) is 0 Å². The summed E-state index contributed by atoms with van der Waals surface area (Å²) in [5, 5.41) is 9.88. The molecule has 0 aliphatic heterocycles. The van der Waals surface area contributed by atoms with Gasteiger partial charge in [0.2, 0.25) is 6.41 Å². The van der Waals surface area contributed by atoms with Gasteiger partial charge in [0, 0.05) is 5.92 Å². The van der Waals surface area contributed by atoms with Crippen LogP contribution < -0.4 is 5.32 Å². The Morgan fingerprint density at radius 1 is 0.696 bits per heavy atom. The van der Waals surface area contributed by atoms with Crippen molar-refractivity contribution in [2.45, 2.75) is 172 Å². The normalized spacial score (nSPS) is 10.1. The number of unbranched alkanes of at least 4 members (excludes halogenated alkanes) is 8. The third kappa shape index (κ3) is 22.6. The van der Waals surface area contributed by atoms with E-state index < -0.39 is 0 Å². The van der Waals surface area contributed by atoms with Gasteiger partial charge in [0.15, 0.2) is 0 Å². The average molecular weight is 637 g/mol. The van der Waals surface area contributed by atoms with Crippen LogP contribution >= 0.6 is 0 Å². The van der Waals surface area contributed by atoms with Gasteiger partial charge >= 0.3 is 0 Å². The minimum absolute atomic E-state index is 0.0390. The van der Waals surface area contributed by atoms with E-state index in [4.69, 9.17) is 5.26 Å². The Kier molecular flexibility index (Phi) is 36.1. The van der Waals surface area contributed by atoms with Crippen LogP contribution in [0.15, 0.2) is 30.3 Å². The zero-order chi connectivity index (χ0) is 35.6. The number of amides is 1. The summed E-state index contributed by atoms with van der Waals surface area (Å²) in [6, 6.07) is 12.8. The smallest absolute Gasteiger partial charge is 0.207 e. The van der Waals surface area contributed by atoms with E-state index in [1.165, 1.54) is 104 Å². The maximum atomic E-state index is 11.1. The largest absolute Gasteiger partial charge is 0.346 e. The highest BCUT2D eigenvalue weighted by Crippen LogP contribution is 2.32. The average Bonchev–Trinajstić information content (AvgIpc) is 3.08. The molecular formula is C42H72N2O2. The highest BCUT2D eigenvalue weighted by Gasteiger charge is 2.14. The van der Waals surface area contributed by atoms with Crippen molar-refractivity contribution < 1.29 is 9.59 Å². The Balaban J connectivity index is -0.000000690. The minimum atomic E-state index is -0.0390. The monoisotopic (exact) mass is 637 g/mol. The summed E-state index contributed by atoms with van der Waals surface area (Å²) in [6.45, 7) is 23.8. The van der Waals surface area contributed by atoms with Gasteiger partial charge in [-0.25, -0.2) is 0 Å². The second-order valence-electron chi connectivity index (χ2n) is 11.7. The van der Waals surface area contributed by atoms with E-state index in [0.717, 1.165) is 31.1 Å². The second kappa shape index (κ2) is 34.9. The number of hydrogen-bond acceptors (Lipinski definition) is 3. The Morgan fingerprint density at radius 3 is 1.61 bits per heavy atom. The summed E-state index contributed by atoms with van der Waals surface area (Å²) in [7, 11) is 0. The molecule has 1 N–H and O–H groups in total. The minimum Gasteiger partial charge on any atom is -0.346 e. The van der Waals surface area contributed by atoms with E-state index in [1.54, 1.807) is 6.07 Å². The summed E-state index contributed by atoms with van der Waals surface area (Å²) in [5.41, 5.74) is 9.41. The molecule has 0 spiro atoms. The number of carbonyl (C=O) groups excluding carboxylic acids is 2. The number of nitriles is 1. The fraction of sp³-hybridized carbons (Fsp3) is 0.643. The van der Waals surface area contributed by atoms with E-state index in [-0.39, 0.29) is 12.5 Å². The van der Waals surface area contributed by atoms with Gasteiger partial charge in [-0.3, -0.25) is 4.79 Å². The second-order valence-corrected chi connectivity index (χ2v) is 11.7. The van der Waals surface area contributed by atoms with E-state index in [0.29, 0.717) is 6.41 Å². The van der Waals surface area contributed by atoms with Crippen LogP contribution in [0.25, 0.3) is 11.1 Å². The molecule has 1 amide bonds. The molecule has 2 aromatic rings. The van der Waals surface area contributed by atoms with Crippen molar-refractivity contribution >= 4 is 12.7 Å². The predicted octanol–water partition coefficient (Wildman–Crippen LogP) is 12.4. The molecule has 262 valence electrons. The predicted molar refractivity (Wildman–Crippen MR) is 204 cm³/mol. The van der Waals surface area contributed by atoms with Crippen LogP contribution in [0.3, 0.4) is 0 Å². The molecule has 2 aromatic carbocycles. The van der Waals surface area contributed by atoms with Crippen molar-refractivity contribution in [1.82, 2.24) is 5.32 Å². The molecule has 46 heavy (non-hydrogen) atoms. The highest BCUT2D eigenvalue weighted by molar-refractivity contribution is 5.72. The van der Waals surface area contributed by atoms with E-state index in [9.17, 15) is 9.59 Å². The fourth-order valence-corrected chi connectivity index (χ4v) is 4.94. The highest BCUT2D eigenvalue weighted by atomic mass is 16.1. The Labute approximate surface area is 286 Å². The molecule has 4 heteroatoms. The summed E-state index contributed by atoms with van der Waals surface area (Å²) in [5.74, 6) is -0.0390. The molecule has 0 fully saturated rings. The first kappa shape index (κ1) is 47.5. The summed E-state index contributed by atoms with van der Waals surface area (Å²) in [6.07, 6.45) is 20.2. The van der Waals surface area contributed by atoms with Gasteiger partial charge in [-0.2, -0.15) is 5.26 Å². The molecule has 1 atom stereocenters. The molecule has 1 unspecified atom stereocenters. The lowest BCUT2D eigenvalue weighted by Gasteiger charge is -2.18. The fourth-order valence-electron chi connectivity index (χ4n) is 4.94. The molecule has 0 aromatic heterocycles. The Bertz CT molecular complexity index is 1030. The van der Waals surface area contributed by atoms with Crippen LogP contribution in [-0.2, 0) is 22.4 Å². The maximum Gasteiger partial charge on any atom is 0.207 e.